The molecule has 0 bridgehead atoms. The molecule has 1 aliphatic heterocycles. The number of likely N-dealkylation sites (tertiary alicyclic amines) is 1. The van der Waals surface area contributed by atoms with E-state index >= 15 is 0 Å². The van der Waals surface area contributed by atoms with Crippen molar-refractivity contribution in [3.63, 3.8) is 0 Å². The van der Waals surface area contributed by atoms with Gasteiger partial charge in [0.1, 0.15) is 0 Å². The minimum absolute atomic E-state index is 0.0574. The summed E-state index contributed by atoms with van der Waals surface area (Å²) < 4.78 is 10.7. The standard InChI is InChI=1S/C24H34N2O4/c1-16-14-18(29-3)19(30-4)15-17(16)21(27)25-20-6-9-24(20)10-12-26(13-11-24)22(28)23(2)7-5-8-23/h14-15,20H,5-13H2,1-4H3,(H,25,27). The Hall–Kier alpha value is -2.24. The number of amides is 2. The van der Waals surface area contributed by atoms with Gasteiger partial charge in [0.15, 0.2) is 11.5 Å². The summed E-state index contributed by atoms with van der Waals surface area (Å²) in [5.41, 5.74) is 1.51. The van der Waals surface area contributed by atoms with Crippen molar-refractivity contribution >= 4 is 11.8 Å². The van der Waals surface area contributed by atoms with Crippen LogP contribution >= 0.6 is 0 Å². The molecule has 164 valence electrons. The quantitative estimate of drug-likeness (QED) is 0.798. The van der Waals surface area contributed by atoms with Crippen LogP contribution in [0.1, 0.15) is 67.8 Å². The summed E-state index contributed by atoms with van der Waals surface area (Å²) in [5.74, 6) is 1.47. The molecule has 2 amide bonds. The van der Waals surface area contributed by atoms with Gasteiger partial charge >= 0.3 is 0 Å². The molecule has 6 heteroatoms. The van der Waals surface area contributed by atoms with Crippen LogP contribution in [0, 0.1) is 17.8 Å². The van der Waals surface area contributed by atoms with Crippen molar-refractivity contribution in [2.75, 3.05) is 27.3 Å². The molecule has 1 aromatic carbocycles. The highest BCUT2D eigenvalue weighted by Gasteiger charge is 2.51. The van der Waals surface area contributed by atoms with Crippen molar-refractivity contribution in [1.82, 2.24) is 10.2 Å². The number of aryl methyl sites for hydroxylation is 1. The Labute approximate surface area is 179 Å². The first-order valence-corrected chi connectivity index (χ1v) is 11.1. The second-order valence-corrected chi connectivity index (χ2v) is 9.66. The lowest BCUT2D eigenvalue weighted by Crippen LogP contribution is -2.60. The van der Waals surface area contributed by atoms with E-state index in [9.17, 15) is 9.59 Å². The Bertz CT molecular complexity index is 838. The van der Waals surface area contributed by atoms with E-state index in [1.807, 2.05) is 13.0 Å². The van der Waals surface area contributed by atoms with Crippen LogP contribution in [0.3, 0.4) is 0 Å². The van der Waals surface area contributed by atoms with Crippen molar-refractivity contribution in [2.45, 2.75) is 64.8 Å². The summed E-state index contributed by atoms with van der Waals surface area (Å²) in [7, 11) is 3.17. The molecule has 1 aromatic rings. The zero-order chi connectivity index (χ0) is 21.5. The molecule has 1 saturated heterocycles. The highest BCUT2D eigenvalue weighted by molar-refractivity contribution is 5.96. The normalized spacial score (nSPS) is 23.9. The summed E-state index contributed by atoms with van der Waals surface area (Å²) in [4.78, 5) is 28.0. The molecule has 6 nitrogen and oxygen atoms in total. The van der Waals surface area contributed by atoms with Gasteiger partial charge in [0, 0.05) is 30.1 Å². The molecule has 2 saturated carbocycles. The number of carbonyl (C=O) groups is 2. The minimum atomic E-state index is -0.122. The van der Waals surface area contributed by atoms with Crippen LogP contribution in [-0.2, 0) is 4.79 Å². The van der Waals surface area contributed by atoms with Gasteiger partial charge in [-0.3, -0.25) is 9.59 Å². The van der Waals surface area contributed by atoms with Crippen molar-refractivity contribution in [3.8, 4) is 11.5 Å². The summed E-state index contributed by atoms with van der Waals surface area (Å²) in [6.07, 6.45) is 7.30. The fraction of sp³-hybridized carbons (Fsp3) is 0.667. The first-order valence-electron chi connectivity index (χ1n) is 11.1. The molecule has 30 heavy (non-hydrogen) atoms. The second kappa shape index (κ2) is 7.78. The fourth-order valence-corrected chi connectivity index (χ4v) is 5.44. The Balaban J connectivity index is 1.40. The van der Waals surface area contributed by atoms with E-state index in [2.05, 4.69) is 17.1 Å². The Kier molecular flexibility index (Phi) is 5.45. The Morgan fingerprint density at radius 3 is 2.17 bits per heavy atom. The van der Waals surface area contributed by atoms with Gasteiger partial charge in [-0.2, -0.15) is 0 Å². The minimum Gasteiger partial charge on any atom is -0.493 e. The summed E-state index contributed by atoms with van der Waals surface area (Å²) >= 11 is 0. The van der Waals surface area contributed by atoms with Crippen molar-refractivity contribution in [3.05, 3.63) is 23.3 Å². The largest absolute Gasteiger partial charge is 0.493 e. The van der Waals surface area contributed by atoms with Crippen LogP contribution < -0.4 is 14.8 Å². The topological polar surface area (TPSA) is 67.9 Å². The van der Waals surface area contributed by atoms with E-state index in [1.54, 1.807) is 20.3 Å². The van der Waals surface area contributed by atoms with Gasteiger partial charge < -0.3 is 19.7 Å². The predicted molar refractivity (Wildman–Crippen MR) is 115 cm³/mol. The molecule has 0 radical (unpaired) electrons. The molecule has 1 unspecified atom stereocenters. The van der Waals surface area contributed by atoms with E-state index in [4.69, 9.17) is 9.47 Å². The van der Waals surface area contributed by atoms with Gasteiger partial charge in [-0.1, -0.05) is 13.3 Å². The molecular weight excluding hydrogens is 380 g/mol. The van der Waals surface area contributed by atoms with Gasteiger partial charge in [0.25, 0.3) is 5.91 Å². The molecule has 3 aliphatic rings. The van der Waals surface area contributed by atoms with E-state index in [1.165, 1.54) is 6.42 Å². The molecule has 1 atom stereocenters. The Morgan fingerprint density at radius 2 is 1.67 bits per heavy atom. The number of methoxy groups -OCH3 is 2. The molecule has 1 spiro atoms. The number of rotatable bonds is 5. The maximum absolute atomic E-state index is 13.0. The number of hydrogen-bond acceptors (Lipinski definition) is 4. The smallest absolute Gasteiger partial charge is 0.251 e. The molecule has 0 aromatic heterocycles. The van der Waals surface area contributed by atoms with Crippen LogP contribution in [0.4, 0.5) is 0 Å². The number of nitrogens with one attached hydrogen (secondary N) is 1. The summed E-state index contributed by atoms with van der Waals surface area (Å²) in [6.45, 7) is 5.66. The van der Waals surface area contributed by atoms with Crippen molar-refractivity contribution < 1.29 is 19.1 Å². The van der Waals surface area contributed by atoms with Crippen molar-refractivity contribution in [2.24, 2.45) is 10.8 Å². The first kappa shape index (κ1) is 21.0. The van der Waals surface area contributed by atoms with Crippen LogP contribution in [0.2, 0.25) is 0 Å². The lowest BCUT2D eigenvalue weighted by atomic mass is 9.59. The maximum Gasteiger partial charge on any atom is 0.251 e. The van der Waals surface area contributed by atoms with Crippen LogP contribution in [0.25, 0.3) is 0 Å². The molecule has 4 rings (SSSR count). The maximum atomic E-state index is 13.0. The van der Waals surface area contributed by atoms with Crippen molar-refractivity contribution in [1.29, 1.82) is 0 Å². The van der Waals surface area contributed by atoms with Crippen LogP contribution in [-0.4, -0.2) is 50.1 Å². The van der Waals surface area contributed by atoms with Gasteiger partial charge in [-0.25, -0.2) is 0 Å². The zero-order valence-corrected chi connectivity index (χ0v) is 18.7. The number of piperidine rings is 1. The van der Waals surface area contributed by atoms with E-state index in [-0.39, 0.29) is 22.8 Å². The highest BCUT2D eigenvalue weighted by atomic mass is 16.5. The van der Waals surface area contributed by atoms with Gasteiger partial charge in [-0.15, -0.1) is 0 Å². The molecule has 2 aliphatic carbocycles. The third-order valence-electron chi connectivity index (χ3n) is 7.97. The Morgan fingerprint density at radius 1 is 1.03 bits per heavy atom. The fourth-order valence-electron chi connectivity index (χ4n) is 5.44. The predicted octanol–water partition coefficient (Wildman–Crippen LogP) is 3.70. The molecular formula is C24H34N2O4. The molecule has 1 N–H and O–H groups in total. The molecule has 1 heterocycles. The third kappa shape index (κ3) is 3.44. The lowest BCUT2D eigenvalue weighted by Gasteiger charge is -2.55. The number of hydrogen-bond donors (Lipinski definition) is 1. The monoisotopic (exact) mass is 414 g/mol. The van der Waals surface area contributed by atoms with Gasteiger partial charge in [0.05, 0.1) is 14.2 Å². The second-order valence-electron chi connectivity index (χ2n) is 9.66. The highest BCUT2D eigenvalue weighted by Crippen LogP contribution is 2.50. The van der Waals surface area contributed by atoms with E-state index in [0.29, 0.717) is 23.0 Å². The van der Waals surface area contributed by atoms with Gasteiger partial charge in [0.2, 0.25) is 5.91 Å². The average Bonchev–Trinajstić information content (AvgIpc) is 2.74. The third-order valence-corrected chi connectivity index (χ3v) is 7.97. The number of nitrogens with zero attached hydrogens (tertiary/aromatic N) is 1. The number of ether oxygens (including phenoxy) is 2. The lowest BCUT2D eigenvalue weighted by molar-refractivity contribution is -0.150. The molecule has 3 fully saturated rings. The number of carbonyl (C=O) groups excluding carboxylic acids is 2. The van der Waals surface area contributed by atoms with E-state index < -0.39 is 0 Å². The zero-order valence-electron chi connectivity index (χ0n) is 18.7. The average molecular weight is 415 g/mol. The number of benzene rings is 1. The summed E-state index contributed by atoms with van der Waals surface area (Å²) in [5, 5.41) is 3.28. The van der Waals surface area contributed by atoms with Crippen LogP contribution in [0.5, 0.6) is 11.5 Å². The summed E-state index contributed by atoms with van der Waals surface area (Å²) in [6, 6.07) is 3.78. The van der Waals surface area contributed by atoms with E-state index in [0.717, 1.165) is 57.2 Å². The SMILES string of the molecule is COc1cc(C)c(C(=O)NC2CCC23CCN(C(=O)C2(C)CCC2)CC3)cc1OC. The first-order chi connectivity index (χ1) is 14.3. The van der Waals surface area contributed by atoms with Gasteiger partial charge in [-0.05, 0) is 68.6 Å². The van der Waals surface area contributed by atoms with Crippen LogP contribution in [0.15, 0.2) is 12.1 Å².